The first-order valence-electron chi connectivity index (χ1n) is 7.68. The van der Waals surface area contributed by atoms with E-state index in [1.807, 2.05) is 30.1 Å². The van der Waals surface area contributed by atoms with Crippen LogP contribution in [0, 0.1) is 0 Å². The number of hydrogen-bond donors (Lipinski definition) is 1. The Morgan fingerprint density at radius 2 is 2.27 bits per heavy atom. The van der Waals surface area contributed by atoms with E-state index in [4.69, 9.17) is 4.99 Å². The molecule has 2 rings (SSSR count). The third kappa shape index (κ3) is 6.32. The smallest absolute Gasteiger partial charge is 0.193 e. The SMILES string of the molecule is CCNC(=NCCc1ccccn1)N1CCSC(C)(C)C1.I. The van der Waals surface area contributed by atoms with Gasteiger partial charge >= 0.3 is 0 Å². The van der Waals surface area contributed by atoms with Crippen LogP contribution in [-0.2, 0) is 6.42 Å². The summed E-state index contributed by atoms with van der Waals surface area (Å²) in [6.45, 7) is 10.5. The molecule has 22 heavy (non-hydrogen) atoms. The van der Waals surface area contributed by atoms with E-state index in [9.17, 15) is 0 Å². The van der Waals surface area contributed by atoms with Crippen molar-refractivity contribution < 1.29 is 0 Å². The lowest BCUT2D eigenvalue weighted by atomic mass is 10.2. The predicted molar refractivity (Wildman–Crippen MR) is 107 cm³/mol. The molecule has 1 fully saturated rings. The van der Waals surface area contributed by atoms with Crippen LogP contribution in [0.5, 0.6) is 0 Å². The highest BCUT2D eigenvalue weighted by molar-refractivity contribution is 14.0. The molecule has 0 aromatic carbocycles. The summed E-state index contributed by atoms with van der Waals surface area (Å²) in [6, 6.07) is 6.04. The summed E-state index contributed by atoms with van der Waals surface area (Å²) in [6.07, 6.45) is 2.73. The molecule has 124 valence electrons. The van der Waals surface area contributed by atoms with Crippen LogP contribution in [0.15, 0.2) is 29.4 Å². The van der Waals surface area contributed by atoms with Gasteiger partial charge in [0.25, 0.3) is 0 Å². The Balaban J connectivity index is 0.00000242. The van der Waals surface area contributed by atoms with E-state index in [1.165, 1.54) is 0 Å². The minimum atomic E-state index is 0. The van der Waals surface area contributed by atoms with Crippen molar-refractivity contribution in [2.45, 2.75) is 31.9 Å². The Labute approximate surface area is 155 Å². The molecule has 0 aliphatic carbocycles. The molecule has 1 aromatic rings. The summed E-state index contributed by atoms with van der Waals surface area (Å²) in [4.78, 5) is 11.5. The fraction of sp³-hybridized carbons (Fsp3) is 0.625. The number of halogens is 1. The van der Waals surface area contributed by atoms with Crippen LogP contribution < -0.4 is 5.32 Å². The number of hydrogen-bond acceptors (Lipinski definition) is 3. The van der Waals surface area contributed by atoms with Crippen LogP contribution in [0.25, 0.3) is 0 Å². The minimum absolute atomic E-state index is 0. The van der Waals surface area contributed by atoms with Gasteiger partial charge in [0.1, 0.15) is 0 Å². The molecule has 0 amide bonds. The second-order valence-corrected chi connectivity index (χ2v) is 7.64. The number of rotatable bonds is 4. The molecular weight excluding hydrogens is 407 g/mol. The van der Waals surface area contributed by atoms with E-state index < -0.39 is 0 Å². The zero-order chi connectivity index (χ0) is 15.1. The average Bonchev–Trinajstić information content (AvgIpc) is 2.46. The van der Waals surface area contributed by atoms with Crippen molar-refractivity contribution in [1.82, 2.24) is 15.2 Å². The number of nitrogens with one attached hydrogen (secondary N) is 1. The number of guanidine groups is 1. The van der Waals surface area contributed by atoms with Crippen LogP contribution in [0.1, 0.15) is 26.5 Å². The van der Waals surface area contributed by atoms with Gasteiger partial charge in [-0.15, -0.1) is 24.0 Å². The summed E-state index contributed by atoms with van der Waals surface area (Å²) in [5, 5.41) is 3.42. The fourth-order valence-electron chi connectivity index (χ4n) is 2.45. The molecule has 0 spiro atoms. The van der Waals surface area contributed by atoms with Gasteiger partial charge in [0.2, 0.25) is 0 Å². The summed E-state index contributed by atoms with van der Waals surface area (Å²) < 4.78 is 0.301. The Morgan fingerprint density at radius 1 is 1.45 bits per heavy atom. The zero-order valence-corrected chi connectivity index (χ0v) is 16.9. The van der Waals surface area contributed by atoms with Crippen LogP contribution in [0.2, 0.25) is 0 Å². The van der Waals surface area contributed by atoms with Gasteiger partial charge in [-0.3, -0.25) is 9.98 Å². The Morgan fingerprint density at radius 3 is 2.91 bits per heavy atom. The normalized spacial score (nSPS) is 17.8. The molecule has 0 unspecified atom stereocenters. The molecule has 4 nitrogen and oxygen atoms in total. The molecule has 1 aromatic heterocycles. The highest BCUT2D eigenvalue weighted by Gasteiger charge is 2.28. The van der Waals surface area contributed by atoms with E-state index in [-0.39, 0.29) is 24.0 Å². The first-order valence-corrected chi connectivity index (χ1v) is 8.66. The van der Waals surface area contributed by atoms with Gasteiger partial charge in [-0.25, -0.2) is 0 Å². The number of pyridine rings is 1. The third-order valence-electron chi connectivity index (χ3n) is 3.42. The first kappa shape index (κ1) is 19.5. The van der Waals surface area contributed by atoms with E-state index in [0.717, 1.165) is 50.0 Å². The van der Waals surface area contributed by atoms with Gasteiger partial charge in [0.05, 0.1) is 0 Å². The Hall–Kier alpha value is -0.500. The summed E-state index contributed by atoms with van der Waals surface area (Å²) in [7, 11) is 0. The molecule has 0 atom stereocenters. The van der Waals surface area contributed by atoms with E-state index in [1.54, 1.807) is 0 Å². The summed E-state index contributed by atoms with van der Waals surface area (Å²) in [5.41, 5.74) is 1.10. The number of nitrogens with zero attached hydrogens (tertiary/aromatic N) is 3. The molecule has 6 heteroatoms. The van der Waals surface area contributed by atoms with Crippen LogP contribution >= 0.6 is 35.7 Å². The topological polar surface area (TPSA) is 40.5 Å². The molecule has 1 aliphatic rings. The van der Waals surface area contributed by atoms with Crippen LogP contribution in [0.4, 0.5) is 0 Å². The monoisotopic (exact) mass is 434 g/mol. The number of aliphatic imine (C=N–C) groups is 1. The van der Waals surface area contributed by atoms with Crippen molar-refractivity contribution in [1.29, 1.82) is 0 Å². The third-order valence-corrected chi connectivity index (χ3v) is 4.71. The zero-order valence-electron chi connectivity index (χ0n) is 13.7. The van der Waals surface area contributed by atoms with Gasteiger partial charge in [-0.1, -0.05) is 6.07 Å². The van der Waals surface area contributed by atoms with Crippen molar-refractivity contribution >= 4 is 41.7 Å². The van der Waals surface area contributed by atoms with Gasteiger partial charge in [-0.05, 0) is 32.9 Å². The summed E-state index contributed by atoms with van der Waals surface area (Å²) >= 11 is 2.05. The van der Waals surface area contributed by atoms with Crippen LogP contribution in [0.3, 0.4) is 0 Å². The average molecular weight is 434 g/mol. The first-order chi connectivity index (χ1) is 10.1. The molecule has 0 saturated carbocycles. The lowest BCUT2D eigenvalue weighted by Gasteiger charge is -2.39. The van der Waals surface area contributed by atoms with E-state index in [0.29, 0.717) is 4.75 Å². The largest absolute Gasteiger partial charge is 0.357 e. The van der Waals surface area contributed by atoms with Crippen molar-refractivity contribution in [3.05, 3.63) is 30.1 Å². The van der Waals surface area contributed by atoms with Crippen molar-refractivity contribution in [2.24, 2.45) is 4.99 Å². The highest BCUT2D eigenvalue weighted by Crippen LogP contribution is 2.29. The molecule has 2 heterocycles. The Bertz CT molecular complexity index is 464. The lowest BCUT2D eigenvalue weighted by molar-refractivity contribution is 0.376. The van der Waals surface area contributed by atoms with Crippen molar-refractivity contribution in [2.75, 3.05) is 31.9 Å². The second-order valence-electron chi connectivity index (χ2n) is 5.84. The summed E-state index contributed by atoms with van der Waals surface area (Å²) in [5.74, 6) is 2.21. The molecule has 0 bridgehead atoms. The highest BCUT2D eigenvalue weighted by atomic mass is 127. The van der Waals surface area contributed by atoms with E-state index in [2.05, 4.69) is 42.0 Å². The predicted octanol–water partition coefficient (Wildman–Crippen LogP) is 3.04. The maximum Gasteiger partial charge on any atom is 0.193 e. The van der Waals surface area contributed by atoms with Gasteiger partial charge in [-0.2, -0.15) is 11.8 Å². The molecule has 1 aliphatic heterocycles. The van der Waals surface area contributed by atoms with Gasteiger partial charge < -0.3 is 10.2 Å². The van der Waals surface area contributed by atoms with Gasteiger partial charge in [0, 0.05) is 55.0 Å². The molecular formula is C16H27IN4S. The van der Waals surface area contributed by atoms with Crippen molar-refractivity contribution in [3.63, 3.8) is 0 Å². The molecule has 1 N–H and O–H groups in total. The van der Waals surface area contributed by atoms with Crippen LogP contribution in [-0.4, -0.2) is 52.5 Å². The van der Waals surface area contributed by atoms with Crippen molar-refractivity contribution in [3.8, 4) is 0 Å². The van der Waals surface area contributed by atoms with Gasteiger partial charge in [0.15, 0.2) is 5.96 Å². The Kier molecular flexibility index (Phi) is 8.53. The van der Waals surface area contributed by atoms with E-state index >= 15 is 0 Å². The maximum atomic E-state index is 4.78. The lowest BCUT2D eigenvalue weighted by Crippen LogP contribution is -2.51. The molecule has 0 radical (unpaired) electrons. The minimum Gasteiger partial charge on any atom is -0.357 e. The standard InChI is InChI=1S/C16H26N4S.HI/c1-4-17-15(20-11-12-21-16(2,3)13-20)19-10-8-14-7-5-6-9-18-14;/h5-7,9H,4,8,10-13H2,1-3H3,(H,17,19);1H. The number of aromatic nitrogens is 1. The quantitative estimate of drug-likeness (QED) is 0.450. The number of thioether (sulfide) groups is 1. The fourth-order valence-corrected chi connectivity index (χ4v) is 3.56. The second kappa shape index (κ2) is 9.60. The molecule has 1 saturated heterocycles. The maximum absolute atomic E-state index is 4.78.